The SMILES string of the molecule is O=C(c1ccc(Cl)cc1)[C@H]1[C@H]2C(=O)N(c3ccccc3Cl)C(=O)[C@@H]2[C@H]2c3ccccc3C=NN21. The minimum absolute atomic E-state index is 0.284. The number of para-hydroxylation sites is 1. The Morgan fingerprint density at radius 3 is 2.26 bits per heavy atom. The Morgan fingerprint density at radius 1 is 0.824 bits per heavy atom. The number of anilines is 1. The van der Waals surface area contributed by atoms with Gasteiger partial charge in [0, 0.05) is 10.6 Å². The van der Waals surface area contributed by atoms with Crippen molar-refractivity contribution in [3.8, 4) is 0 Å². The lowest BCUT2D eigenvalue weighted by atomic mass is 9.83. The molecule has 3 aliphatic rings. The van der Waals surface area contributed by atoms with E-state index in [0.29, 0.717) is 21.3 Å². The molecule has 3 aliphatic heterocycles. The van der Waals surface area contributed by atoms with Crippen molar-refractivity contribution in [2.24, 2.45) is 16.9 Å². The first-order valence-electron chi connectivity index (χ1n) is 10.8. The Morgan fingerprint density at radius 2 is 1.50 bits per heavy atom. The molecule has 0 radical (unpaired) electrons. The smallest absolute Gasteiger partial charge is 0.240 e. The molecule has 0 spiro atoms. The van der Waals surface area contributed by atoms with Gasteiger partial charge in [-0.25, -0.2) is 4.90 Å². The molecule has 168 valence electrons. The zero-order chi connectivity index (χ0) is 23.6. The summed E-state index contributed by atoms with van der Waals surface area (Å²) in [7, 11) is 0. The third-order valence-corrected chi connectivity index (χ3v) is 7.36. The molecule has 2 saturated heterocycles. The van der Waals surface area contributed by atoms with Crippen LogP contribution in [0.2, 0.25) is 10.0 Å². The third-order valence-electron chi connectivity index (χ3n) is 6.78. The lowest BCUT2D eigenvalue weighted by Gasteiger charge is -2.33. The van der Waals surface area contributed by atoms with Gasteiger partial charge >= 0.3 is 0 Å². The largest absolute Gasteiger partial charge is 0.292 e. The van der Waals surface area contributed by atoms with Gasteiger partial charge in [0.1, 0.15) is 6.04 Å². The molecule has 0 bridgehead atoms. The Kier molecular flexibility index (Phi) is 4.83. The molecule has 2 fully saturated rings. The van der Waals surface area contributed by atoms with Crippen molar-refractivity contribution in [3.63, 3.8) is 0 Å². The molecule has 4 atom stereocenters. The van der Waals surface area contributed by atoms with Crippen molar-refractivity contribution in [2.45, 2.75) is 12.1 Å². The third kappa shape index (κ3) is 2.95. The van der Waals surface area contributed by atoms with Crippen LogP contribution in [0.4, 0.5) is 5.69 Å². The van der Waals surface area contributed by atoms with Crippen LogP contribution in [0.5, 0.6) is 0 Å². The van der Waals surface area contributed by atoms with Gasteiger partial charge < -0.3 is 0 Å². The zero-order valence-electron chi connectivity index (χ0n) is 17.6. The average molecular weight is 490 g/mol. The number of amides is 2. The summed E-state index contributed by atoms with van der Waals surface area (Å²) in [6, 6.07) is 19.4. The summed E-state index contributed by atoms with van der Waals surface area (Å²) in [5, 5.41) is 6.99. The summed E-state index contributed by atoms with van der Waals surface area (Å²) in [6.07, 6.45) is 1.68. The standard InChI is InChI=1S/C26H17Cl2N3O3/c27-16-11-9-14(10-12-16)24(32)23-21-20(22-17-6-2-1-5-15(17)13-29-31(22)23)25(33)30(26(21)34)19-8-4-3-7-18(19)28/h1-13,20-23H/t20-,21-,22+,23+/m0/s1. The predicted octanol–water partition coefficient (Wildman–Crippen LogP) is 4.75. The number of carbonyl (C=O) groups excluding carboxylic acids is 3. The lowest BCUT2D eigenvalue weighted by molar-refractivity contribution is -0.124. The first-order valence-corrected chi connectivity index (χ1v) is 11.6. The van der Waals surface area contributed by atoms with E-state index in [9.17, 15) is 14.4 Å². The molecule has 0 aliphatic carbocycles. The van der Waals surface area contributed by atoms with Crippen molar-refractivity contribution >= 4 is 52.7 Å². The maximum Gasteiger partial charge on any atom is 0.240 e. The summed E-state index contributed by atoms with van der Waals surface area (Å²) in [4.78, 5) is 42.5. The van der Waals surface area contributed by atoms with Crippen molar-refractivity contribution in [2.75, 3.05) is 4.90 Å². The predicted molar refractivity (Wildman–Crippen MR) is 129 cm³/mol. The van der Waals surface area contributed by atoms with Gasteiger partial charge in [-0.05, 0) is 47.5 Å². The zero-order valence-corrected chi connectivity index (χ0v) is 19.1. The molecule has 0 N–H and O–H groups in total. The first-order chi connectivity index (χ1) is 16.5. The molecular weight excluding hydrogens is 473 g/mol. The van der Waals surface area contributed by atoms with Crippen LogP contribution in [0, 0.1) is 11.8 Å². The number of ketones is 1. The van der Waals surface area contributed by atoms with E-state index >= 15 is 0 Å². The molecule has 3 aromatic rings. The molecule has 6 rings (SSSR count). The number of benzene rings is 3. The Labute approximate surface area is 205 Å². The van der Waals surface area contributed by atoms with E-state index in [-0.39, 0.29) is 11.7 Å². The quantitative estimate of drug-likeness (QED) is 0.393. The van der Waals surface area contributed by atoms with E-state index < -0.39 is 29.8 Å². The first kappa shape index (κ1) is 21.1. The van der Waals surface area contributed by atoms with Crippen LogP contribution in [0.3, 0.4) is 0 Å². The monoisotopic (exact) mass is 489 g/mol. The van der Waals surface area contributed by atoms with Crippen molar-refractivity contribution in [1.82, 2.24) is 5.01 Å². The minimum Gasteiger partial charge on any atom is -0.292 e. The average Bonchev–Trinajstić information content (AvgIpc) is 3.32. The van der Waals surface area contributed by atoms with Crippen molar-refractivity contribution in [3.05, 3.63) is 99.5 Å². The second kappa shape index (κ2) is 7.79. The van der Waals surface area contributed by atoms with Crippen molar-refractivity contribution in [1.29, 1.82) is 0 Å². The maximum absolute atomic E-state index is 13.8. The normalized spacial score (nSPS) is 24.8. The fourth-order valence-corrected chi connectivity index (χ4v) is 5.67. The van der Waals surface area contributed by atoms with Gasteiger partial charge in [0.05, 0.1) is 34.8 Å². The van der Waals surface area contributed by atoms with Crippen LogP contribution >= 0.6 is 23.2 Å². The van der Waals surface area contributed by atoms with E-state index in [2.05, 4.69) is 5.10 Å². The fraction of sp³-hybridized carbons (Fsp3) is 0.154. The second-order valence-electron chi connectivity index (χ2n) is 8.53. The highest BCUT2D eigenvalue weighted by Gasteiger charge is 2.65. The van der Waals surface area contributed by atoms with Crippen LogP contribution < -0.4 is 4.90 Å². The number of hydrazone groups is 1. The van der Waals surface area contributed by atoms with Crippen LogP contribution in [-0.2, 0) is 9.59 Å². The van der Waals surface area contributed by atoms with Crippen LogP contribution in [0.15, 0.2) is 77.9 Å². The summed E-state index contributed by atoms with van der Waals surface area (Å²) in [5.41, 5.74) is 2.45. The summed E-state index contributed by atoms with van der Waals surface area (Å²) in [5.74, 6) is -2.79. The maximum atomic E-state index is 13.8. The highest BCUT2D eigenvalue weighted by Crippen LogP contribution is 2.53. The molecule has 3 heterocycles. The van der Waals surface area contributed by atoms with E-state index in [4.69, 9.17) is 23.2 Å². The molecule has 8 heteroatoms. The van der Waals surface area contributed by atoms with Crippen LogP contribution in [0.1, 0.15) is 27.5 Å². The highest BCUT2D eigenvalue weighted by molar-refractivity contribution is 6.36. The lowest BCUT2D eigenvalue weighted by Crippen LogP contribution is -2.44. The van der Waals surface area contributed by atoms with Gasteiger partial charge in [-0.1, -0.05) is 59.6 Å². The number of nitrogens with zero attached hydrogens (tertiary/aromatic N) is 3. The van der Waals surface area contributed by atoms with Crippen LogP contribution in [-0.4, -0.2) is 34.9 Å². The topological polar surface area (TPSA) is 70.0 Å². The van der Waals surface area contributed by atoms with Gasteiger partial charge in [0.25, 0.3) is 0 Å². The van der Waals surface area contributed by atoms with E-state index in [1.165, 1.54) is 0 Å². The molecule has 6 nitrogen and oxygen atoms in total. The molecule has 3 aromatic carbocycles. The number of Topliss-reactive ketones (excluding diaryl/α,β-unsaturated/α-hetero) is 1. The van der Waals surface area contributed by atoms with Gasteiger partial charge in [0.2, 0.25) is 11.8 Å². The van der Waals surface area contributed by atoms with Gasteiger partial charge in [-0.15, -0.1) is 0 Å². The molecule has 0 unspecified atom stereocenters. The summed E-state index contributed by atoms with van der Waals surface area (Å²) in [6.45, 7) is 0. The summed E-state index contributed by atoms with van der Waals surface area (Å²) < 4.78 is 0. The van der Waals surface area contributed by atoms with Gasteiger partial charge in [-0.3, -0.25) is 19.4 Å². The minimum atomic E-state index is -0.940. The molecule has 0 aromatic heterocycles. The second-order valence-corrected chi connectivity index (χ2v) is 9.37. The number of carbonyl (C=O) groups is 3. The van der Waals surface area contributed by atoms with E-state index in [1.54, 1.807) is 59.8 Å². The number of imide groups is 1. The Balaban J connectivity index is 1.51. The Bertz CT molecular complexity index is 1390. The molecule has 34 heavy (non-hydrogen) atoms. The highest BCUT2D eigenvalue weighted by atomic mass is 35.5. The van der Waals surface area contributed by atoms with Crippen molar-refractivity contribution < 1.29 is 14.4 Å². The number of hydrogen-bond donors (Lipinski definition) is 0. The van der Waals surface area contributed by atoms with E-state index in [0.717, 1.165) is 16.0 Å². The fourth-order valence-electron chi connectivity index (χ4n) is 5.32. The van der Waals surface area contributed by atoms with Gasteiger partial charge in [0.15, 0.2) is 5.78 Å². The molecule has 0 saturated carbocycles. The number of rotatable bonds is 3. The van der Waals surface area contributed by atoms with Gasteiger partial charge in [-0.2, -0.15) is 5.10 Å². The van der Waals surface area contributed by atoms with Crippen LogP contribution in [0.25, 0.3) is 0 Å². The molecular formula is C26H17Cl2N3O3. The summed E-state index contributed by atoms with van der Waals surface area (Å²) >= 11 is 12.4. The Hall–Kier alpha value is -3.48. The van der Waals surface area contributed by atoms with E-state index in [1.807, 2.05) is 24.3 Å². The number of halogens is 2. The number of hydrogen-bond acceptors (Lipinski definition) is 5. The molecule has 2 amide bonds. The number of fused-ring (bicyclic) bond motifs is 5.